The summed E-state index contributed by atoms with van der Waals surface area (Å²) in [5.74, 6) is -0.0992. The van der Waals surface area contributed by atoms with Crippen LogP contribution in [0.2, 0.25) is 0 Å². The molecular formula is C43H53N7O7. The Balaban J connectivity index is 1.11. The van der Waals surface area contributed by atoms with Crippen LogP contribution in [0.4, 0.5) is 9.59 Å². The number of aromatic amines is 1. The van der Waals surface area contributed by atoms with Gasteiger partial charge < -0.3 is 40.2 Å². The maximum Gasteiger partial charge on any atom is 0.407 e. The lowest BCUT2D eigenvalue weighted by Gasteiger charge is -2.30. The molecule has 57 heavy (non-hydrogen) atoms. The maximum absolute atomic E-state index is 13.6. The normalized spacial score (nSPS) is 17.8. The van der Waals surface area contributed by atoms with Crippen LogP contribution in [-0.2, 0) is 19.1 Å². The highest BCUT2D eigenvalue weighted by Gasteiger charge is 2.38. The van der Waals surface area contributed by atoms with Crippen molar-refractivity contribution in [3.05, 3.63) is 78.2 Å². The summed E-state index contributed by atoms with van der Waals surface area (Å²) in [6, 6.07) is 18.0. The highest BCUT2D eigenvalue weighted by Crippen LogP contribution is 2.34. The van der Waals surface area contributed by atoms with Gasteiger partial charge in [-0.25, -0.2) is 14.6 Å². The van der Waals surface area contributed by atoms with Gasteiger partial charge in [0.25, 0.3) is 5.91 Å². The van der Waals surface area contributed by atoms with Gasteiger partial charge in [0.1, 0.15) is 17.9 Å². The number of nitrogens with one attached hydrogen (secondary N) is 4. The summed E-state index contributed by atoms with van der Waals surface area (Å²) in [4.78, 5) is 76.0. The molecule has 2 saturated heterocycles. The first-order chi connectivity index (χ1) is 27.4. The number of benzene rings is 3. The van der Waals surface area contributed by atoms with Gasteiger partial charge in [0.15, 0.2) is 0 Å². The van der Waals surface area contributed by atoms with Crippen LogP contribution in [0.5, 0.6) is 0 Å². The van der Waals surface area contributed by atoms with E-state index in [0.717, 1.165) is 58.8 Å². The van der Waals surface area contributed by atoms with Crippen molar-refractivity contribution >= 4 is 40.7 Å². The number of imidazole rings is 1. The van der Waals surface area contributed by atoms with Crippen LogP contribution >= 0.6 is 0 Å². The lowest BCUT2D eigenvalue weighted by molar-refractivity contribution is -0.136. The van der Waals surface area contributed by atoms with Crippen molar-refractivity contribution in [1.29, 1.82) is 0 Å². The molecule has 0 spiro atoms. The van der Waals surface area contributed by atoms with Gasteiger partial charge in [-0.1, -0.05) is 64.1 Å². The zero-order chi connectivity index (χ0) is 40.8. The quantitative estimate of drug-likeness (QED) is 0.135. The van der Waals surface area contributed by atoms with Gasteiger partial charge >= 0.3 is 12.2 Å². The number of aromatic nitrogens is 2. The molecule has 302 valence electrons. The van der Waals surface area contributed by atoms with E-state index in [9.17, 15) is 24.0 Å². The van der Waals surface area contributed by atoms with Crippen molar-refractivity contribution in [2.75, 3.05) is 33.9 Å². The van der Waals surface area contributed by atoms with Crippen molar-refractivity contribution in [1.82, 2.24) is 35.7 Å². The Morgan fingerprint density at radius 2 is 1.33 bits per heavy atom. The first-order valence-corrected chi connectivity index (χ1v) is 19.7. The van der Waals surface area contributed by atoms with E-state index in [1.54, 1.807) is 15.9 Å². The van der Waals surface area contributed by atoms with E-state index >= 15 is 0 Å². The molecule has 3 aromatic carbocycles. The summed E-state index contributed by atoms with van der Waals surface area (Å²) in [6.07, 6.45) is 3.75. The Bertz CT molecular complexity index is 2110. The molecule has 3 heterocycles. The second kappa shape index (κ2) is 17.9. The van der Waals surface area contributed by atoms with E-state index in [-0.39, 0.29) is 41.6 Å². The van der Waals surface area contributed by atoms with E-state index in [0.29, 0.717) is 31.0 Å². The van der Waals surface area contributed by atoms with Gasteiger partial charge in [0.2, 0.25) is 11.8 Å². The van der Waals surface area contributed by atoms with Crippen molar-refractivity contribution in [2.24, 2.45) is 11.8 Å². The Labute approximate surface area is 333 Å². The molecule has 4 aromatic rings. The number of likely N-dealkylation sites (tertiary alicyclic amines) is 2. The lowest BCUT2D eigenvalue weighted by atomic mass is 9.98. The molecule has 0 aliphatic carbocycles. The van der Waals surface area contributed by atoms with Crippen LogP contribution in [0, 0.1) is 11.8 Å². The number of carbonyl (C=O) groups is 5. The molecule has 4 atom stereocenters. The highest BCUT2D eigenvalue weighted by molar-refractivity contribution is 5.96. The van der Waals surface area contributed by atoms with Crippen LogP contribution < -0.4 is 16.0 Å². The fraction of sp³-hybridized carbons (Fsp3) is 0.442. The molecule has 0 unspecified atom stereocenters. The minimum Gasteiger partial charge on any atom is -0.453 e. The standard InChI is InChI=1S/C43H53N7O7/c1-25(2)36(47-42(54)56-5)40(52)49-18-8-12-33(49)23-45-39(51)32-11-7-10-27(22-32)28-14-15-30-21-31(17-16-29(30)20-28)34-24-44-38(46-34)35-13-9-19-50(35)41(53)37(26(3)4)48-43(55)57-6/h7,10-11,14-17,20-22,24-26,33,35-37H,8-9,12-13,18-19,23H2,1-6H3,(H,44,46)(H,45,51)(H,47,54)(H,48,55)/t33-,35-,36-,37-/m0/s1. The van der Waals surface area contributed by atoms with Crippen molar-refractivity contribution in [3.63, 3.8) is 0 Å². The van der Waals surface area contributed by atoms with Crippen LogP contribution in [0.1, 0.15) is 75.6 Å². The summed E-state index contributed by atoms with van der Waals surface area (Å²) in [6.45, 7) is 8.98. The number of ether oxygens (including phenoxy) is 2. The average molecular weight is 780 g/mol. The number of carbonyl (C=O) groups excluding carboxylic acids is 5. The minimum absolute atomic E-state index is 0.117. The first-order valence-electron chi connectivity index (χ1n) is 19.7. The molecule has 1 aromatic heterocycles. The fourth-order valence-corrected chi connectivity index (χ4v) is 7.80. The number of hydrogen-bond donors (Lipinski definition) is 4. The molecule has 0 bridgehead atoms. The predicted octanol–water partition coefficient (Wildman–Crippen LogP) is 6.04. The molecule has 2 aliphatic heterocycles. The third-order valence-corrected chi connectivity index (χ3v) is 11.0. The number of H-pyrrole nitrogens is 1. The maximum atomic E-state index is 13.6. The SMILES string of the molecule is COC(=O)N[C@H](C(=O)N1CCC[C@H]1CNC(=O)c1cccc(-c2ccc3cc(-c4c[nH]c([C@@H]5CCCN5C(=O)[C@@H](NC(=O)OC)C(C)C)n4)ccc3c2)c1)C(C)C. The number of fused-ring (bicyclic) bond motifs is 1. The van der Waals surface area contributed by atoms with Crippen LogP contribution in [0.25, 0.3) is 33.2 Å². The minimum atomic E-state index is -0.716. The van der Waals surface area contributed by atoms with Gasteiger partial charge in [-0.05, 0) is 83.7 Å². The van der Waals surface area contributed by atoms with Crippen LogP contribution in [0.15, 0.2) is 66.9 Å². The van der Waals surface area contributed by atoms with Gasteiger partial charge in [-0.3, -0.25) is 14.4 Å². The summed E-state index contributed by atoms with van der Waals surface area (Å²) in [5.41, 5.74) is 4.08. The lowest BCUT2D eigenvalue weighted by Crippen LogP contribution is -2.54. The number of amides is 5. The molecule has 0 saturated carbocycles. The monoisotopic (exact) mass is 779 g/mol. The van der Waals surface area contributed by atoms with Crippen molar-refractivity contribution < 1.29 is 33.4 Å². The van der Waals surface area contributed by atoms with Crippen molar-refractivity contribution in [3.8, 4) is 22.4 Å². The summed E-state index contributed by atoms with van der Waals surface area (Å²) in [7, 11) is 2.55. The first kappa shape index (κ1) is 40.7. The zero-order valence-electron chi connectivity index (χ0n) is 33.5. The largest absolute Gasteiger partial charge is 0.453 e. The molecule has 14 nitrogen and oxygen atoms in total. The second-order valence-electron chi connectivity index (χ2n) is 15.5. The van der Waals surface area contributed by atoms with E-state index in [4.69, 9.17) is 14.5 Å². The number of methoxy groups -OCH3 is 2. The molecule has 2 aliphatic rings. The zero-order valence-corrected chi connectivity index (χ0v) is 33.5. The number of nitrogens with zero attached hydrogens (tertiary/aromatic N) is 3. The second-order valence-corrected chi connectivity index (χ2v) is 15.5. The molecule has 2 fully saturated rings. The van der Waals surface area contributed by atoms with Gasteiger partial charge in [-0.2, -0.15) is 0 Å². The van der Waals surface area contributed by atoms with Gasteiger partial charge in [0.05, 0.1) is 26.0 Å². The van der Waals surface area contributed by atoms with E-state index in [1.165, 1.54) is 14.2 Å². The highest BCUT2D eigenvalue weighted by atomic mass is 16.5. The number of alkyl carbamates (subject to hydrolysis) is 2. The summed E-state index contributed by atoms with van der Waals surface area (Å²) in [5, 5.41) is 10.4. The topological polar surface area (TPSA) is 175 Å². The molecule has 4 N–H and O–H groups in total. The third-order valence-electron chi connectivity index (χ3n) is 11.0. The summed E-state index contributed by atoms with van der Waals surface area (Å²) < 4.78 is 9.48. The van der Waals surface area contributed by atoms with Crippen LogP contribution in [0.3, 0.4) is 0 Å². The fourth-order valence-electron chi connectivity index (χ4n) is 7.80. The van der Waals surface area contributed by atoms with Crippen LogP contribution in [-0.4, -0.2) is 102 Å². The predicted molar refractivity (Wildman–Crippen MR) is 216 cm³/mol. The van der Waals surface area contributed by atoms with Gasteiger partial charge in [0, 0.05) is 43.0 Å². The van der Waals surface area contributed by atoms with E-state index in [2.05, 4.69) is 45.2 Å². The Kier molecular flexibility index (Phi) is 12.8. The Morgan fingerprint density at radius 1 is 0.754 bits per heavy atom. The third kappa shape index (κ3) is 9.22. The average Bonchev–Trinajstić information content (AvgIpc) is 4.01. The molecule has 5 amide bonds. The van der Waals surface area contributed by atoms with Crippen molar-refractivity contribution in [2.45, 2.75) is 77.5 Å². The van der Waals surface area contributed by atoms with Gasteiger partial charge in [-0.15, -0.1) is 0 Å². The molecule has 6 rings (SSSR count). The molecule has 0 radical (unpaired) electrons. The Morgan fingerprint density at radius 3 is 1.98 bits per heavy atom. The number of rotatable bonds is 12. The Hall–Kier alpha value is -5.92. The molecular weight excluding hydrogens is 727 g/mol. The smallest absolute Gasteiger partial charge is 0.407 e. The van der Waals surface area contributed by atoms with E-state index < -0.39 is 24.3 Å². The van der Waals surface area contributed by atoms with E-state index in [1.807, 2.05) is 64.2 Å². The molecule has 14 heteroatoms. The number of hydrogen-bond acceptors (Lipinski definition) is 8. The summed E-state index contributed by atoms with van der Waals surface area (Å²) >= 11 is 0.